The highest BCUT2D eigenvalue weighted by molar-refractivity contribution is 6.19. The Kier molecular flexibility index (Phi) is 5.05. The van der Waals surface area contributed by atoms with Crippen LogP contribution in [0.25, 0.3) is 6.08 Å². The summed E-state index contributed by atoms with van der Waals surface area (Å²) in [5.74, 6) is -0.508. The Balaban J connectivity index is 2.30. The molecule has 1 unspecified atom stereocenters. The first-order valence-electron chi connectivity index (χ1n) is 7.03. The first-order valence-corrected chi connectivity index (χ1v) is 7.03. The van der Waals surface area contributed by atoms with E-state index in [1.807, 2.05) is 0 Å². The lowest BCUT2D eigenvalue weighted by molar-refractivity contribution is -0.150. The molecule has 1 heterocycles. The van der Waals surface area contributed by atoms with Gasteiger partial charge in [0.25, 0.3) is 0 Å². The molecule has 23 heavy (non-hydrogen) atoms. The van der Waals surface area contributed by atoms with Crippen molar-refractivity contribution in [2.45, 2.75) is 19.4 Å². The van der Waals surface area contributed by atoms with Gasteiger partial charge in [-0.2, -0.15) is 0 Å². The Bertz CT molecular complexity index is 666. The average molecular weight is 318 g/mol. The van der Waals surface area contributed by atoms with Crippen molar-refractivity contribution >= 4 is 17.8 Å². The number of hydrogen-bond acceptors (Lipinski definition) is 6. The van der Waals surface area contributed by atoms with E-state index in [0.29, 0.717) is 17.1 Å². The van der Waals surface area contributed by atoms with Gasteiger partial charge in [-0.05, 0) is 31.2 Å². The van der Waals surface area contributed by atoms with Crippen LogP contribution < -0.4 is 9.47 Å². The summed E-state index contributed by atoms with van der Waals surface area (Å²) in [5, 5.41) is 10.0. The Morgan fingerprint density at radius 3 is 2.65 bits per heavy atom. The number of aliphatic hydroxyl groups is 1. The summed E-state index contributed by atoms with van der Waals surface area (Å²) in [6.45, 7) is 1.63. The van der Waals surface area contributed by atoms with Gasteiger partial charge in [0.2, 0.25) is 0 Å². The largest absolute Gasteiger partial charge is 0.507 e. The fourth-order valence-electron chi connectivity index (χ4n) is 2.22. The molecule has 1 aromatic carbocycles. The number of rotatable bonds is 4. The van der Waals surface area contributed by atoms with Crippen molar-refractivity contribution < 1.29 is 28.9 Å². The lowest BCUT2D eigenvalue weighted by Crippen LogP contribution is -2.31. The van der Waals surface area contributed by atoms with Crippen LogP contribution in [-0.4, -0.2) is 37.2 Å². The minimum atomic E-state index is -0.808. The summed E-state index contributed by atoms with van der Waals surface area (Å²) < 4.78 is 15.3. The van der Waals surface area contributed by atoms with E-state index in [9.17, 15) is 14.7 Å². The zero-order valence-electron chi connectivity index (χ0n) is 13.2. The Morgan fingerprint density at radius 2 is 2.04 bits per heavy atom. The van der Waals surface area contributed by atoms with E-state index in [1.54, 1.807) is 38.3 Å². The first kappa shape index (κ1) is 16.6. The fraction of sp³-hybridized carbons (Fsp3) is 0.294. The van der Waals surface area contributed by atoms with Gasteiger partial charge in [0.15, 0.2) is 5.78 Å². The van der Waals surface area contributed by atoms with Crippen molar-refractivity contribution in [2.24, 2.45) is 0 Å². The normalized spacial score (nSPS) is 20.4. The molecule has 0 spiro atoms. The van der Waals surface area contributed by atoms with Gasteiger partial charge < -0.3 is 19.3 Å². The average Bonchev–Trinajstić information content (AvgIpc) is 2.51. The zero-order valence-corrected chi connectivity index (χ0v) is 13.2. The number of carbonyl (C=O) groups excluding carboxylic acids is 2. The fourth-order valence-corrected chi connectivity index (χ4v) is 2.22. The third-order valence-corrected chi connectivity index (χ3v) is 3.38. The van der Waals surface area contributed by atoms with Gasteiger partial charge in [-0.1, -0.05) is 0 Å². The van der Waals surface area contributed by atoms with E-state index in [-0.39, 0.29) is 12.0 Å². The van der Waals surface area contributed by atoms with E-state index < -0.39 is 23.6 Å². The summed E-state index contributed by atoms with van der Waals surface area (Å²) in [6, 6.07) is 5.15. The van der Waals surface area contributed by atoms with Crippen molar-refractivity contribution in [3.8, 4) is 11.5 Å². The Labute approximate surface area is 134 Å². The molecule has 0 aliphatic carbocycles. The standard InChI is InChI=1S/C17H18O6/c1-10-8-14(19)16(17(20)23-10)13(18)7-5-11-4-6-12(21-2)9-15(11)22-3/h4-7,9-10,18H,8H2,1-3H3. The minimum absolute atomic E-state index is 0.0603. The molecule has 122 valence electrons. The third-order valence-electron chi connectivity index (χ3n) is 3.38. The second kappa shape index (κ2) is 7.00. The van der Waals surface area contributed by atoms with Gasteiger partial charge in [0, 0.05) is 18.1 Å². The molecular weight excluding hydrogens is 300 g/mol. The number of methoxy groups -OCH3 is 2. The number of carbonyl (C=O) groups is 2. The summed E-state index contributed by atoms with van der Waals surface area (Å²) in [4.78, 5) is 23.6. The highest BCUT2D eigenvalue weighted by Crippen LogP contribution is 2.26. The molecule has 1 aliphatic rings. The lowest BCUT2D eigenvalue weighted by Gasteiger charge is -2.19. The monoisotopic (exact) mass is 318 g/mol. The number of benzene rings is 1. The van der Waals surface area contributed by atoms with Crippen molar-refractivity contribution in [2.75, 3.05) is 14.2 Å². The summed E-state index contributed by atoms with van der Waals surface area (Å²) in [6.07, 6.45) is 2.40. The molecule has 0 radical (unpaired) electrons. The molecule has 2 rings (SSSR count). The van der Waals surface area contributed by atoms with Gasteiger partial charge in [0.05, 0.1) is 14.2 Å². The first-order chi connectivity index (χ1) is 11.0. The van der Waals surface area contributed by atoms with Crippen LogP contribution in [0.3, 0.4) is 0 Å². The smallest absolute Gasteiger partial charge is 0.345 e. The second-order valence-corrected chi connectivity index (χ2v) is 5.04. The van der Waals surface area contributed by atoms with Gasteiger partial charge >= 0.3 is 5.97 Å². The third kappa shape index (κ3) is 3.71. The number of ketones is 1. The molecule has 1 aromatic rings. The van der Waals surface area contributed by atoms with Crippen LogP contribution in [0.5, 0.6) is 11.5 Å². The maximum absolute atomic E-state index is 11.9. The number of allylic oxidation sites excluding steroid dienone is 1. The maximum Gasteiger partial charge on any atom is 0.345 e. The van der Waals surface area contributed by atoms with Crippen LogP contribution >= 0.6 is 0 Å². The number of cyclic esters (lactones) is 1. The Morgan fingerprint density at radius 1 is 1.30 bits per heavy atom. The molecule has 1 N–H and O–H groups in total. The highest BCUT2D eigenvalue weighted by atomic mass is 16.5. The summed E-state index contributed by atoms with van der Waals surface area (Å²) in [5.41, 5.74) is 0.331. The molecule has 1 aliphatic heterocycles. The summed E-state index contributed by atoms with van der Waals surface area (Å²) in [7, 11) is 3.05. The van der Waals surface area contributed by atoms with Crippen molar-refractivity contribution in [3.05, 3.63) is 41.2 Å². The highest BCUT2D eigenvalue weighted by Gasteiger charge is 2.32. The number of Topliss-reactive ketones (excluding diaryl/α,β-unsaturated/α-hetero) is 1. The van der Waals surface area contributed by atoms with Crippen LogP contribution in [0.4, 0.5) is 0 Å². The number of hydrogen-bond donors (Lipinski definition) is 1. The minimum Gasteiger partial charge on any atom is -0.507 e. The predicted molar refractivity (Wildman–Crippen MR) is 83.4 cm³/mol. The van der Waals surface area contributed by atoms with Crippen molar-refractivity contribution in [1.29, 1.82) is 0 Å². The topological polar surface area (TPSA) is 82.1 Å². The summed E-state index contributed by atoms with van der Waals surface area (Å²) >= 11 is 0. The molecule has 6 heteroatoms. The number of ether oxygens (including phenoxy) is 3. The maximum atomic E-state index is 11.9. The lowest BCUT2D eigenvalue weighted by atomic mass is 10.0. The van der Waals surface area contributed by atoms with Crippen LogP contribution in [0.15, 0.2) is 35.6 Å². The SMILES string of the molecule is COc1ccc(C=CC(O)=C2C(=O)CC(C)OC2=O)c(OC)c1. The molecule has 1 fully saturated rings. The van der Waals surface area contributed by atoms with Gasteiger partial charge in [0.1, 0.15) is 28.9 Å². The number of esters is 1. The molecule has 1 atom stereocenters. The molecular formula is C17H18O6. The quantitative estimate of drug-likeness (QED) is 0.397. The van der Waals surface area contributed by atoms with Crippen LogP contribution in [-0.2, 0) is 14.3 Å². The molecule has 1 saturated heterocycles. The zero-order chi connectivity index (χ0) is 17.0. The van der Waals surface area contributed by atoms with E-state index in [2.05, 4.69) is 0 Å². The molecule has 0 bridgehead atoms. The van der Waals surface area contributed by atoms with Crippen molar-refractivity contribution in [3.63, 3.8) is 0 Å². The van der Waals surface area contributed by atoms with E-state index >= 15 is 0 Å². The molecule has 0 amide bonds. The Hall–Kier alpha value is -2.76. The van der Waals surface area contributed by atoms with Gasteiger partial charge in [-0.25, -0.2) is 4.79 Å². The van der Waals surface area contributed by atoms with Crippen LogP contribution in [0, 0.1) is 0 Å². The van der Waals surface area contributed by atoms with E-state index in [4.69, 9.17) is 14.2 Å². The van der Waals surface area contributed by atoms with E-state index in [1.165, 1.54) is 13.2 Å². The molecule has 0 aromatic heterocycles. The second-order valence-electron chi connectivity index (χ2n) is 5.04. The molecule has 6 nitrogen and oxygen atoms in total. The van der Waals surface area contributed by atoms with Crippen LogP contribution in [0.1, 0.15) is 18.9 Å². The van der Waals surface area contributed by atoms with Gasteiger partial charge in [-0.3, -0.25) is 4.79 Å². The van der Waals surface area contributed by atoms with Crippen molar-refractivity contribution in [1.82, 2.24) is 0 Å². The van der Waals surface area contributed by atoms with Gasteiger partial charge in [-0.15, -0.1) is 0 Å². The number of aliphatic hydroxyl groups excluding tert-OH is 1. The predicted octanol–water partition coefficient (Wildman–Crippen LogP) is 2.43. The van der Waals surface area contributed by atoms with Crippen LogP contribution in [0.2, 0.25) is 0 Å². The molecule has 0 saturated carbocycles. The van der Waals surface area contributed by atoms with E-state index in [0.717, 1.165) is 0 Å².